The number of rotatable bonds is 6. The Balaban J connectivity index is 1.63. The normalized spacial score (nSPS) is 18.2. The summed E-state index contributed by atoms with van der Waals surface area (Å²) in [6, 6.07) is 16.2. The van der Waals surface area contributed by atoms with Gasteiger partial charge in [-0.2, -0.15) is 0 Å². The van der Waals surface area contributed by atoms with Gasteiger partial charge in [0.1, 0.15) is 12.4 Å². The number of ether oxygens (including phenoxy) is 1. The molecule has 2 aromatic carbocycles. The van der Waals surface area contributed by atoms with Crippen LogP contribution in [0, 0.1) is 0 Å². The molecule has 4 nitrogen and oxygen atoms in total. The molecule has 0 unspecified atom stereocenters. The van der Waals surface area contributed by atoms with Crippen molar-refractivity contribution in [2.75, 3.05) is 13.2 Å². The van der Waals surface area contributed by atoms with Gasteiger partial charge in [-0.3, -0.25) is 0 Å². The van der Waals surface area contributed by atoms with Gasteiger partial charge in [-0.25, -0.2) is 0 Å². The van der Waals surface area contributed by atoms with Crippen LogP contribution in [-0.4, -0.2) is 31.5 Å². The van der Waals surface area contributed by atoms with Crippen LogP contribution < -0.4 is 15.9 Å². The van der Waals surface area contributed by atoms with Gasteiger partial charge in [0, 0.05) is 6.54 Å². The summed E-state index contributed by atoms with van der Waals surface area (Å²) < 4.78 is 17.7. The highest BCUT2D eigenvalue weighted by atomic mass is 16.7. The van der Waals surface area contributed by atoms with Gasteiger partial charge in [0.25, 0.3) is 0 Å². The van der Waals surface area contributed by atoms with Crippen LogP contribution in [0.2, 0.25) is 0 Å². The lowest BCUT2D eigenvalue weighted by atomic mass is 9.79. The minimum absolute atomic E-state index is 0.323. The predicted molar refractivity (Wildman–Crippen MR) is 112 cm³/mol. The molecule has 0 aliphatic carbocycles. The van der Waals surface area contributed by atoms with Crippen LogP contribution >= 0.6 is 0 Å². The second-order valence-corrected chi connectivity index (χ2v) is 7.79. The maximum atomic E-state index is 6.10. The molecule has 3 rings (SSSR count). The van der Waals surface area contributed by atoms with Crippen LogP contribution in [0.5, 0.6) is 5.75 Å². The highest BCUT2D eigenvalue weighted by Crippen LogP contribution is 2.36. The van der Waals surface area contributed by atoms with Crippen LogP contribution in [0.15, 0.2) is 48.5 Å². The summed E-state index contributed by atoms with van der Waals surface area (Å²) in [5.41, 5.74) is 8.07. The molecule has 1 heterocycles. The fourth-order valence-corrected chi connectivity index (χ4v) is 2.79. The molecule has 1 fully saturated rings. The highest BCUT2D eigenvalue weighted by molar-refractivity contribution is 6.62. The van der Waals surface area contributed by atoms with Gasteiger partial charge in [-0.15, -0.1) is 0 Å². The molecule has 0 saturated carbocycles. The van der Waals surface area contributed by atoms with Crippen molar-refractivity contribution in [2.45, 2.75) is 38.9 Å². The van der Waals surface area contributed by atoms with Crippen LogP contribution in [-0.2, 0) is 9.31 Å². The monoisotopic (exact) mass is 365 g/mol. The van der Waals surface area contributed by atoms with E-state index in [-0.39, 0.29) is 18.3 Å². The van der Waals surface area contributed by atoms with Crippen LogP contribution in [0.1, 0.15) is 38.8 Å². The summed E-state index contributed by atoms with van der Waals surface area (Å²) in [5.74, 6) is 0.837. The third-order valence-corrected chi connectivity index (χ3v) is 5.20. The zero-order chi connectivity index (χ0) is 19.5. The van der Waals surface area contributed by atoms with Crippen molar-refractivity contribution in [2.24, 2.45) is 5.73 Å². The first-order chi connectivity index (χ1) is 12.8. The first-order valence-corrected chi connectivity index (χ1v) is 9.37. The first-order valence-electron chi connectivity index (χ1n) is 9.37. The molecule has 5 heteroatoms. The third-order valence-electron chi connectivity index (χ3n) is 5.20. The minimum Gasteiger partial charge on any atom is -0.492 e. The van der Waals surface area contributed by atoms with Crippen molar-refractivity contribution < 1.29 is 14.0 Å². The average molecular weight is 365 g/mol. The Bertz CT molecular complexity index is 766. The number of benzene rings is 2. The molecule has 27 heavy (non-hydrogen) atoms. The van der Waals surface area contributed by atoms with Crippen molar-refractivity contribution in [3.63, 3.8) is 0 Å². The molecule has 2 N–H and O–H groups in total. The Hall–Kier alpha value is -2.08. The molecule has 0 atom stereocenters. The van der Waals surface area contributed by atoms with Crippen molar-refractivity contribution >= 4 is 24.7 Å². The molecule has 2 aromatic rings. The Morgan fingerprint density at radius 3 is 1.81 bits per heavy atom. The second-order valence-electron chi connectivity index (χ2n) is 7.79. The lowest BCUT2D eigenvalue weighted by molar-refractivity contribution is 0.00578. The maximum Gasteiger partial charge on any atom is 0.494 e. The third kappa shape index (κ3) is 4.61. The lowest BCUT2D eigenvalue weighted by Gasteiger charge is -2.32. The predicted octanol–water partition coefficient (Wildman–Crippen LogP) is 3.49. The van der Waals surface area contributed by atoms with E-state index in [0.29, 0.717) is 13.2 Å². The van der Waals surface area contributed by atoms with Gasteiger partial charge in [-0.1, -0.05) is 48.6 Å². The van der Waals surface area contributed by atoms with E-state index in [1.165, 1.54) is 0 Å². The van der Waals surface area contributed by atoms with E-state index in [0.717, 1.165) is 22.3 Å². The SMILES string of the molecule is CC1(C)OB(c2ccc(C=Cc3ccc(OCCN)cc3)cc2)OC1(C)C. The molecule has 0 amide bonds. The van der Waals surface area contributed by atoms with Gasteiger partial charge < -0.3 is 19.8 Å². The largest absolute Gasteiger partial charge is 0.494 e. The van der Waals surface area contributed by atoms with Gasteiger partial charge in [-0.05, 0) is 56.4 Å². The van der Waals surface area contributed by atoms with Gasteiger partial charge >= 0.3 is 7.12 Å². The number of hydrogen-bond acceptors (Lipinski definition) is 4. The van der Waals surface area contributed by atoms with Gasteiger partial charge in [0.05, 0.1) is 11.2 Å². The summed E-state index contributed by atoms with van der Waals surface area (Å²) in [6.07, 6.45) is 4.17. The first kappa shape index (κ1) is 19.7. The van der Waals surface area contributed by atoms with E-state index in [4.69, 9.17) is 19.8 Å². The summed E-state index contributed by atoms with van der Waals surface area (Å²) in [7, 11) is -0.325. The van der Waals surface area contributed by atoms with E-state index in [1.807, 2.05) is 24.3 Å². The Morgan fingerprint density at radius 1 is 0.852 bits per heavy atom. The van der Waals surface area contributed by atoms with Crippen LogP contribution in [0.3, 0.4) is 0 Å². The molecule has 0 aromatic heterocycles. The van der Waals surface area contributed by atoms with E-state index in [1.54, 1.807) is 0 Å². The molecule has 1 aliphatic rings. The van der Waals surface area contributed by atoms with E-state index in [2.05, 4.69) is 64.1 Å². The second kappa shape index (κ2) is 7.89. The fourth-order valence-electron chi connectivity index (χ4n) is 2.79. The topological polar surface area (TPSA) is 53.7 Å². The van der Waals surface area contributed by atoms with Gasteiger partial charge in [0.15, 0.2) is 0 Å². The average Bonchev–Trinajstić information content (AvgIpc) is 2.87. The van der Waals surface area contributed by atoms with E-state index >= 15 is 0 Å². The molecular formula is C22H28BNO3. The quantitative estimate of drug-likeness (QED) is 0.629. The Kier molecular flexibility index (Phi) is 5.75. The highest BCUT2D eigenvalue weighted by Gasteiger charge is 2.51. The van der Waals surface area contributed by atoms with Crippen molar-refractivity contribution in [3.8, 4) is 5.75 Å². The minimum atomic E-state index is -0.325. The Labute approximate surface area is 162 Å². The Morgan fingerprint density at radius 2 is 1.33 bits per heavy atom. The summed E-state index contributed by atoms with van der Waals surface area (Å²) in [6.45, 7) is 9.31. The fraction of sp³-hybridized carbons (Fsp3) is 0.364. The standard InChI is InChI=1S/C22H28BNO3/c1-21(2)22(3,4)27-23(26-21)19-11-7-17(8-12-19)5-6-18-9-13-20(14-10-18)25-16-15-24/h5-14H,15-16,24H2,1-4H3. The van der Waals surface area contributed by atoms with Gasteiger partial charge in [0.2, 0.25) is 0 Å². The molecule has 0 bridgehead atoms. The maximum absolute atomic E-state index is 6.10. The molecule has 0 spiro atoms. The number of nitrogens with two attached hydrogens (primary N) is 1. The van der Waals surface area contributed by atoms with Crippen LogP contribution in [0.25, 0.3) is 12.2 Å². The van der Waals surface area contributed by atoms with E-state index < -0.39 is 0 Å². The zero-order valence-electron chi connectivity index (χ0n) is 16.6. The summed E-state index contributed by atoms with van der Waals surface area (Å²) >= 11 is 0. The molecule has 1 aliphatic heterocycles. The van der Waals surface area contributed by atoms with Crippen LogP contribution in [0.4, 0.5) is 0 Å². The molecule has 0 radical (unpaired) electrons. The zero-order valence-corrected chi connectivity index (χ0v) is 16.6. The molecule has 1 saturated heterocycles. The molecular weight excluding hydrogens is 337 g/mol. The van der Waals surface area contributed by atoms with Crippen molar-refractivity contribution in [1.29, 1.82) is 0 Å². The number of hydrogen-bond donors (Lipinski definition) is 1. The summed E-state index contributed by atoms with van der Waals surface area (Å²) in [5, 5.41) is 0. The van der Waals surface area contributed by atoms with E-state index in [9.17, 15) is 0 Å². The van der Waals surface area contributed by atoms with Crippen molar-refractivity contribution in [1.82, 2.24) is 0 Å². The molecule has 142 valence electrons. The smallest absolute Gasteiger partial charge is 0.492 e. The lowest BCUT2D eigenvalue weighted by Crippen LogP contribution is -2.41. The summed E-state index contributed by atoms with van der Waals surface area (Å²) in [4.78, 5) is 0. The van der Waals surface area contributed by atoms with Crippen molar-refractivity contribution in [3.05, 3.63) is 59.7 Å².